The molecule has 0 amide bonds. The molecule has 4 heteroatoms. The summed E-state index contributed by atoms with van der Waals surface area (Å²) in [6.07, 6.45) is 5.61. The van der Waals surface area contributed by atoms with Crippen molar-refractivity contribution >= 4 is 5.82 Å². The second kappa shape index (κ2) is 7.74. The summed E-state index contributed by atoms with van der Waals surface area (Å²) in [5, 5.41) is 9.44. The number of nitrogens with zero attached hydrogens (tertiary/aromatic N) is 3. The van der Waals surface area contributed by atoms with Crippen LogP contribution in [-0.2, 0) is 19.6 Å². The number of aliphatic hydroxyl groups excluding tert-OH is 1. The summed E-state index contributed by atoms with van der Waals surface area (Å²) in [5.74, 6) is 0.935. The van der Waals surface area contributed by atoms with Crippen molar-refractivity contribution in [2.75, 3.05) is 11.4 Å². The average Bonchev–Trinajstić information content (AvgIpc) is 2.53. The van der Waals surface area contributed by atoms with Gasteiger partial charge in [0.1, 0.15) is 5.82 Å². The lowest BCUT2D eigenvalue weighted by Crippen LogP contribution is -2.23. The maximum absolute atomic E-state index is 9.44. The van der Waals surface area contributed by atoms with Gasteiger partial charge in [0.15, 0.2) is 0 Å². The van der Waals surface area contributed by atoms with E-state index in [2.05, 4.69) is 23.7 Å². The Hall–Kier alpha value is -1.94. The molecule has 21 heavy (non-hydrogen) atoms. The lowest BCUT2D eigenvalue weighted by molar-refractivity contribution is 0.281. The van der Waals surface area contributed by atoms with Gasteiger partial charge in [0.05, 0.1) is 6.61 Å². The van der Waals surface area contributed by atoms with E-state index in [-0.39, 0.29) is 6.61 Å². The first-order valence-electron chi connectivity index (χ1n) is 7.51. The quantitative estimate of drug-likeness (QED) is 0.849. The van der Waals surface area contributed by atoms with Crippen molar-refractivity contribution in [3.8, 4) is 0 Å². The van der Waals surface area contributed by atoms with Gasteiger partial charge < -0.3 is 10.0 Å². The molecule has 0 aliphatic rings. The number of rotatable bonds is 7. The maximum Gasteiger partial charge on any atom is 0.129 e. The second-order valence-electron chi connectivity index (χ2n) is 5.10. The van der Waals surface area contributed by atoms with E-state index in [0.717, 1.165) is 43.0 Å². The van der Waals surface area contributed by atoms with Crippen LogP contribution in [0, 0.1) is 0 Å². The van der Waals surface area contributed by atoms with Crippen molar-refractivity contribution in [2.24, 2.45) is 0 Å². The topological polar surface area (TPSA) is 49.2 Å². The number of pyridine rings is 2. The van der Waals surface area contributed by atoms with Gasteiger partial charge in [0.2, 0.25) is 0 Å². The summed E-state index contributed by atoms with van der Waals surface area (Å²) >= 11 is 0. The number of aryl methyl sites for hydroxylation is 1. The zero-order chi connectivity index (χ0) is 15.1. The highest BCUT2D eigenvalue weighted by Gasteiger charge is 2.10. The van der Waals surface area contributed by atoms with E-state index in [1.807, 2.05) is 36.7 Å². The molecule has 0 saturated heterocycles. The number of aromatic nitrogens is 2. The average molecular weight is 285 g/mol. The van der Waals surface area contributed by atoms with E-state index in [4.69, 9.17) is 4.98 Å². The Kier molecular flexibility index (Phi) is 5.69. The molecule has 0 bridgehead atoms. The number of aliphatic hydroxyl groups is 1. The third-order valence-electron chi connectivity index (χ3n) is 3.44. The highest BCUT2D eigenvalue weighted by molar-refractivity contribution is 5.43. The Balaban J connectivity index is 2.26. The summed E-state index contributed by atoms with van der Waals surface area (Å²) in [6.45, 7) is 5.98. The minimum absolute atomic E-state index is 0.0546. The first-order chi connectivity index (χ1) is 10.3. The molecule has 4 nitrogen and oxygen atoms in total. The van der Waals surface area contributed by atoms with E-state index >= 15 is 0 Å². The van der Waals surface area contributed by atoms with E-state index in [9.17, 15) is 5.11 Å². The van der Waals surface area contributed by atoms with E-state index in [1.54, 1.807) is 0 Å². The first-order valence-corrected chi connectivity index (χ1v) is 7.51. The molecule has 0 aromatic carbocycles. The molecular formula is C17H23N3O. The van der Waals surface area contributed by atoms with Crippen molar-refractivity contribution in [3.05, 3.63) is 53.5 Å². The molecule has 0 atom stereocenters. The fraction of sp³-hybridized carbons (Fsp3) is 0.412. The maximum atomic E-state index is 9.44. The molecular weight excluding hydrogens is 262 g/mol. The summed E-state index contributed by atoms with van der Waals surface area (Å²) in [4.78, 5) is 11.0. The monoisotopic (exact) mass is 285 g/mol. The molecule has 0 spiro atoms. The normalized spacial score (nSPS) is 10.6. The zero-order valence-corrected chi connectivity index (χ0v) is 12.8. The molecule has 0 fully saturated rings. The van der Waals surface area contributed by atoms with Crippen LogP contribution >= 0.6 is 0 Å². The molecule has 0 aliphatic heterocycles. The predicted octanol–water partition coefficient (Wildman–Crippen LogP) is 2.95. The molecule has 0 aliphatic carbocycles. The van der Waals surface area contributed by atoms with Gasteiger partial charge in [-0.1, -0.05) is 13.3 Å². The molecule has 1 N–H and O–H groups in total. The largest absolute Gasteiger partial charge is 0.392 e. The van der Waals surface area contributed by atoms with Gasteiger partial charge >= 0.3 is 0 Å². The summed E-state index contributed by atoms with van der Waals surface area (Å²) in [7, 11) is 0. The van der Waals surface area contributed by atoms with Gasteiger partial charge in [-0.25, -0.2) is 4.98 Å². The Morgan fingerprint density at radius 3 is 2.48 bits per heavy atom. The van der Waals surface area contributed by atoms with Crippen molar-refractivity contribution in [3.63, 3.8) is 0 Å². The zero-order valence-electron chi connectivity index (χ0n) is 12.8. The number of hydrogen-bond acceptors (Lipinski definition) is 4. The number of hydrogen-bond donors (Lipinski definition) is 1. The molecule has 0 unspecified atom stereocenters. The molecule has 2 aromatic heterocycles. The molecule has 112 valence electrons. The van der Waals surface area contributed by atoms with Crippen LogP contribution in [0.3, 0.4) is 0 Å². The third kappa shape index (κ3) is 4.26. The predicted molar refractivity (Wildman–Crippen MR) is 85.1 cm³/mol. The van der Waals surface area contributed by atoms with Crippen LogP contribution in [0.25, 0.3) is 0 Å². The molecule has 2 aromatic rings. The summed E-state index contributed by atoms with van der Waals surface area (Å²) < 4.78 is 0. The highest BCUT2D eigenvalue weighted by Crippen LogP contribution is 2.18. The van der Waals surface area contributed by atoms with Crippen molar-refractivity contribution in [2.45, 2.75) is 39.8 Å². The molecule has 0 radical (unpaired) electrons. The SMILES string of the molecule is CCCc1cc(CO)cc(N(CC)Cc2ccncc2)n1. The Bertz CT molecular complexity index is 557. The second-order valence-corrected chi connectivity index (χ2v) is 5.10. The van der Waals surface area contributed by atoms with Gasteiger partial charge in [-0.15, -0.1) is 0 Å². The minimum Gasteiger partial charge on any atom is -0.392 e. The van der Waals surface area contributed by atoms with Crippen LogP contribution in [0.2, 0.25) is 0 Å². The van der Waals surface area contributed by atoms with Crippen LogP contribution < -0.4 is 4.90 Å². The summed E-state index contributed by atoms with van der Waals surface area (Å²) in [5.41, 5.74) is 3.18. The van der Waals surface area contributed by atoms with Gasteiger partial charge in [-0.3, -0.25) is 4.98 Å². The Morgan fingerprint density at radius 1 is 1.10 bits per heavy atom. The lowest BCUT2D eigenvalue weighted by atomic mass is 10.1. The first kappa shape index (κ1) is 15.4. The lowest BCUT2D eigenvalue weighted by Gasteiger charge is -2.23. The van der Waals surface area contributed by atoms with Gasteiger partial charge in [0.25, 0.3) is 0 Å². The number of anilines is 1. The van der Waals surface area contributed by atoms with Crippen molar-refractivity contribution in [1.82, 2.24) is 9.97 Å². The Labute approximate surface area is 126 Å². The van der Waals surface area contributed by atoms with E-state index in [1.165, 1.54) is 5.56 Å². The molecule has 2 rings (SSSR count). The molecule has 2 heterocycles. The third-order valence-corrected chi connectivity index (χ3v) is 3.44. The van der Waals surface area contributed by atoms with Crippen LogP contribution in [0.15, 0.2) is 36.7 Å². The van der Waals surface area contributed by atoms with Crippen molar-refractivity contribution in [1.29, 1.82) is 0 Å². The van der Waals surface area contributed by atoms with Crippen LogP contribution in [0.1, 0.15) is 37.1 Å². The van der Waals surface area contributed by atoms with E-state index in [0.29, 0.717) is 0 Å². The minimum atomic E-state index is 0.0546. The van der Waals surface area contributed by atoms with Gasteiger partial charge in [-0.2, -0.15) is 0 Å². The summed E-state index contributed by atoms with van der Waals surface area (Å²) in [6, 6.07) is 8.01. The van der Waals surface area contributed by atoms with Gasteiger partial charge in [0, 0.05) is 31.2 Å². The van der Waals surface area contributed by atoms with Crippen molar-refractivity contribution < 1.29 is 5.11 Å². The van der Waals surface area contributed by atoms with Crippen LogP contribution in [0.5, 0.6) is 0 Å². The smallest absolute Gasteiger partial charge is 0.129 e. The van der Waals surface area contributed by atoms with Crippen LogP contribution in [0.4, 0.5) is 5.82 Å². The highest BCUT2D eigenvalue weighted by atomic mass is 16.3. The molecule has 0 saturated carbocycles. The fourth-order valence-electron chi connectivity index (χ4n) is 2.33. The van der Waals surface area contributed by atoms with Gasteiger partial charge in [-0.05, 0) is 48.7 Å². The fourth-order valence-corrected chi connectivity index (χ4v) is 2.33. The Morgan fingerprint density at radius 2 is 1.86 bits per heavy atom. The standard InChI is InChI=1S/C17H23N3O/c1-3-5-16-10-15(13-21)11-17(19-16)20(4-2)12-14-6-8-18-9-7-14/h6-11,21H,3-5,12-13H2,1-2H3. The van der Waals surface area contributed by atoms with Crippen LogP contribution in [-0.4, -0.2) is 21.6 Å². The van der Waals surface area contributed by atoms with E-state index < -0.39 is 0 Å².